The number of hydrogen-bond acceptors (Lipinski definition) is 3. The predicted octanol–water partition coefficient (Wildman–Crippen LogP) is 3.54. The van der Waals surface area contributed by atoms with Crippen LogP contribution in [0.3, 0.4) is 0 Å². The van der Waals surface area contributed by atoms with Crippen LogP contribution in [0.25, 0.3) is 0 Å². The second-order valence-corrected chi connectivity index (χ2v) is 8.29. The molecule has 0 saturated carbocycles. The van der Waals surface area contributed by atoms with Crippen LogP contribution in [0.1, 0.15) is 24.0 Å². The molecule has 0 spiro atoms. The molecule has 0 radical (unpaired) electrons. The number of benzene rings is 2. The number of nitrogens with zero attached hydrogens (tertiary/aromatic N) is 2. The van der Waals surface area contributed by atoms with Crippen molar-refractivity contribution in [2.45, 2.75) is 31.8 Å². The van der Waals surface area contributed by atoms with Gasteiger partial charge in [0.2, 0.25) is 11.8 Å². The number of carbonyl (C=O) groups excluding carboxylic acids is 2. The Morgan fingerprint density at radius 3 is 2.79 bits per heavy atom. The fraction of sp³-hybridized carbons (Fsp3) is 0.364. The Labute approximate surface area is 186 Å². The third-order valence-electron chi connectivity index (χ3n) is 5.43. The maximum Gasteiger partial charge on any atom is 0.240 e. The number of nitrogens with one attached hydrogen (secondary N) is 1. The Kier molecular flexibility index (Phi) is 7.33. The number of halogens is 2. The van der Waals surface area contributed by atoms with Crippen molar-refractivity contribution in [1.82, 2.24) is 10.2 Å². The van der Waals surface area contributed by atoms with Crippen LogP contribution < -0.4 is 10.2 Å². The Morgan fingerprint density at radius 1 is 1.14 bits per heavy atom. The molecule has 1 unspecified atom stereocenters. The third-order valence-corrected chi connectivity index (χ3v) is 5.93. The highest BCUT2D eigenvalue weighted by atomic mass is 79.9. The van der Waals surface area contributed by atoms with Crippen LogP contribution in [0.2, 0.25) is 0 Å². The minimum Gasteiger partial charge on any atom is -0.336 e. The van der Waals surface area contributed by atoms with Gasteiger partial charge in [0.1, 0.15) is 0 Å². The van der Waals surface area contributed by atoms with Crippen molar-refractivity contribution in [2.24, 2.45) is 0 Å². The van der Waals surface area contributed by atoms with E-state index in [9.17, 15) is 9.59 Å². The molecule has 2 aromatic rings. The topological polar surface area (TPSA) is 52.7 Å². The number of hydrogen-bond donors (Lipinski definition) is 1. The molecule has 2 aliphatic rings. The van der Waals surface area contributed by atoms with Gasteiger partial charge in [0.25, 0.3) is 0 Å². The first-order chi connectivity index (χ1) is 13.6. The van der Waals surface area contributed by atoms with Gasteiger partial charge in [-0.25, -0.2) is 0 Å². The molecule has 7 heteroatoms. The second kappa shape index (κ2) is 9.74. The highest BCUT2D eigenvalue weighted by molar-refractivity contribution is 9.10. The van der Waals surface area contributed by atoms with Crippen molar-refractivity contribution < 1.29 is 9.59 Å². The van der Waals surface area contributed by atoms with Gasteiger partial charge in [-0.1, -0.05) is 46.3 Å². The minimum atomic E-state index is -0.456. The number of piperazine rings is 1. The first kappa shape index (κ1) is 21.8. The van der Waals surface area contributed by atoms with E-state index in [-0.39, 0.29) is 30.6 Å². The standard InChI is InChI=1S/C22H24BrN3O2.ClH/c23-18-8-3-5-16(13-18)15-25-12-10-24-19(22(25)28)14-21(27)26-11-4-7-17-6-1-2-9-20(17)26;/h1-3,5-6,8-9,13,19,24H,4,7,10-12,14-15H2;1H. The molecule has 2 amide bonds. The molecule has 2 aromatic carbocycles. The molecular weight excluding hydrogens is 454 g/mol. The lowest BCUT2D eigenvalue weighted by Crippen LogP contribution is -2.56. The summed E-state index contributed by atoms with van der Waals surface area (Å²) in [6.07, 6.45) is 2.16. The van der Waals surface area contributed by atoms with Crippen LogP contribution in [-0.2, 0) is 22.6 Å². The minimum absolute atomic E-state index is 0. The molecule has 29 heavy (non-hydrogen) atoms. The predicted molar refractivity (Wildman–Crippen MR) is 120 cm³/mol. The largest absolute Gasteiger partial charge is 0.336 e. The van der Waals surface area contributed by atoms with E-state index in [1.807, 2.05) is 52.3 Å². The summed E-state index contributed by atoms with van der Waals surface area (Å²) in [7, 11) is 0. The quantitative estimate of drug-likeness (QED) is 0.731. The average molecular weight is 479 g/mol. The van der Waals surface area contributed by atoms with Crippen molar-refractivity contribution in [3.63, 3.8) is 0 Å². The van der Waals surface area contributed by atoms with Gasteiger partial charge < -0.3 is 15.1 Å². The van der Waals surface area contributed by atoms with Gasteiger partial charge in [-0.05, 0) is 42.2 Å². The lowest BCUT2D eigenvalue weighted by molar-refractivity contribution is -0.138. The molecular formula is C22H25BrClN3O2. The molecule has 0 bridgehead atoms. The normalized spacial score (nSPS) is 18.8. The van der Waals surface area contributed by atoms with Gasteiger partial charge in [0.15, 0.2) is 0 Å². The number of amides is 2. The summed E-state index contributed by atoms with van der Waals surface area (Å²) in [5.41, 5.74) is 3.29. The van der Waals surface area contributed by atoms with Crippen molar-refractivity contribution in [2.75, 3.05) is 24.5 Å². The lowest BCUT2D eigenvalue weighted by Gasteiger charge is -2.35. The van der Waals surface area contributed by atoms with Gasteiger partial charge in [-0.2, -0.15) is 0 Å². The summed E-state index contributed by atoms with van der Waals surface area (Å²) < 4.78 is 1.00. The van der Waals surface area contributed by atoms with Crippen LogP contribution in [0, 0.1) is 0 Å². The summed E-state index contributed by atoms with van der Waals surface area (Å²) in [6, 6.07) is 15.6. The Balaban J connectivity index is 0.00000240. The molecule has 1 saturated heterocycles. The second-order valence-electron chi connectivity index (χ2n) is 7.38. The molecule has 0 aliphatic carbocycles. The Morgan fingerprint density at radius 2 is 1.97 bits per heavy atom. The van der Waals surface area contributed by atoms with E-state index in [0.717, 1.165) is 35.1 Å². The van der Waals surface area contributed by atoms with Crippen LogP contribution in [0.4, 0.5) is 5.69 Å². The highest BCUT2D eigenvalue weighted by Crippen LogP contribution is 2.27. The van der Waals surface area contributed by atoms with Gasteiger partial charge in [0, 0.05) is 36.3 Å². The van der Waals surface area contributed by atoms with Crippen molar-refractivity contribution >= 4 is 45.8 Å². The van der Waals surface area contributed by atoms with Gasteiger partial charge >= 0.3 is 0 Å². The highest BCUT2D eigenvalue weighted by Gasteiger charge is 2.32. The van der Waals surface area contributed by atoms with Crippen molar-refractivity contribution in [3.05, 3.63) is 64.1 Å². The zero-order valence-corrected chi connectivity index (χ0v) is 18.5. The molecule has 0 aromatic heterocycles. The molecule has 1 fully saturated rings. The summed E-state index contributed by atoms with van der Waals surface area (Å²) >= 11 is 3.48. The van der Waals surface area contributed by atoms with E-state index in [1.54, 1.807) is 0 Å². The van der Waals surface area contributed by atoms with E-state index in [0.29, 0.717) is 19.6 Å². The summed E-state index contributed by atoms with van der Waals surface area (Å²) in [5, 5.41) is 3.24. The van der Waals surface area contributed by atoms with Crippen molar-refractivity contribution in [3.8, 4) is 0 Å². The molecule has 2 aliphatic heterocycles. The molecule has 1 atom stereocenters. The summed E-state index contributed by atoms with van der Waals surface area (Å²) in [5.74, 6) is 0.0205. The maximum atomic E-state index is 13.0. The first-order valence-corrected chi connectivity index (χ1v) is 10.6. The Hall–Kier alpha value is -1.89. The lowest BCUT2D eigenvalue weighted by atomic mass is 10.0. The Bertz CT molecular complexity index is 892. The van der Waals surface area contributed by atoms with E-state index >= 15 is 0 Å². The van der Waals surface area contributed by atoms with Crippen LogP contribution in [-0.4, -0.2) is 42.4 Å². The van der Waals surface area contributed by atoms with Gasteiger partial charge in [-0.3, -0.25) is 9.59 Å². The first-order valence-electron chi connectivity index (χ1n) is 9.77. The van der Waals surface area contributed by atoms with Crippen molar-refractivity contribution in [1.29, 1.82) is 0 Å². The van der Waals surface area contributed by atoms with Gasteiger partial charge in [-0.15, -0.1) is 12.4 Å². The molecule has 5 nitrogen and oxygen atoms in total. The van der Waals surface area contributed by atoms with Crippen LogP contribution >= 0.6 is 28.3 Å². The molecule has 154 valence electrons. The number of para-hydroxylation sites is 1. The monoisotopic (exact) mass is 477 g/mol. The number of carbonyl (C=O) groups is 2. The van der Waals surface area contributed by atoms with Gasteiger partial charge in [0.05, 0.1) is 12.5 Å². The maximum absolute atomic E-state index is 13.0. The SMILES string of the molecule is Cl.O=C1C(CC(=O)N2CCCc3ccccc32)NCCN1Cc1cccc(Br)c1. The number of anilines is 1. The van der Waals surface area contributed by atoms with Crippen LogP contribution in [0.5, 0.6) is 0 Å². The summed E-state index contributed by atoms with van der Waals surface area (Å²) in [6.45, 7) is 2.65. The fourth-order valence-electron chi connectivity index (χ4n) is 4.04. The third kappa shape index (κ3) is 5.00. The fourth-order valence-corrected chi connectivity index (χ4v) is 4.49. The zero-order valence-electron chi connectivity index (χ0n) is 16.1. The number of rotatable bonds is 4. The van der Waals surface area contributed by atoms with E-state index in [2.05, 4.69) is 27.3 Å². The zero-order chi connectivity index (χ0) is 19.5. The summed E-state index contributed by atoms with van der Waals surface area (Å²) in [4.78, 5) is 29.6. The smallest absolute Gasteiger partial charge is 0.240 e. The van der Waals surface area contributed by atoms with E-state index in [4.69, 9.17) is 0 Å². The average Bonchev–Trinajstić information content (AvgIpc) is 2.70. The van der Waals surface area contributed by atoms with Crippen LogP contribution in [0.15, 0.2) is 53.0 Å². The molecule has 2 heterocycles. The number of fused-ring (bicyclic) bond motifs is 1. The molecule has 1 N–H and O–H groups in total. The van der Waals surface area contributed by atoms with E-state index in [1.165, 1.54) is 5.56 Å². The molecule has 4 rings (SSSR count). The van der Waals surface area contributed by atoms with E-state index < -0.39 is 6.04 Å². The number of aryl methyl sites for hydroxylation is 1.